The average Bonchev–Trinajstić information content (AvgIpc) is 1.76. The van der Waals surface area contributed by atoms with Crippen molar-refractivity contribution in [3.63, 3.8) is 0 Å². The molecule has 0 bridgehead atoms. The smallest absolute Gasteiger partial charge is 0.0362 e. The maximum Gasteiger partial charge on any atom is 0.229 e. The van der Waals surface area contributed by atoms with E-state index in [1.54, 1.807) is 6.08 Å². The van der Waals surface area contributed by atoms with Crippen LogP contribution in [-0.2, 0) is 0 Å². The van der Waals surface area contributed by atoms with E-state index in [1.165, 1.54) is 11.9 Å². The molecule has 1 nitrogen and oxygen atoms in total. The summed E-state index contributed by atoms with van der Waals surface area (Å²) in [6.07, 6.45) is 4.41. The second-order valence-corrected chi connectivity index (χ2v) is 1.29. The Bertz CT molecular complexity index is 65.0. The molecule has 0 aromatic heterocycles. The third-order valence-corrected chi connectivity index (χ3v) is 0.777. The number of allylic oxidation sites excluding steroid dienone is 1. The highest BCUT2D eigenvalue weighted by atomic mass is 32.2. The Labute approximate surface area is 34.9 Å². The zero-order chi connectivity index (χ0) is 3.54. The van der Waals surface area contributed by atoms with Gasteiger partial charge in [0.1, 0.15) is 17.4 Å². The van der Waals surface area contributed by atoms with Crippen LogP contribution >= 0.6 is 11.9 Å². The first-order valence-corrected chi connectivity index (χ1v) is 2.10. The molecule has 1 rings (SSSR count). The molecule has 0 unspecified atom stereocenters. The minimum atomic E-state index is 1.41. The summed E-state index contributed by atoms with van der Waals surface area (Å²) in [4.78, 5) is 0. The summed E-state index contributed by atoms with van der Waals surface area (Å²) in [7, 11) is 0. The normalized spacial score (nSPS) is 16.0. The Morgan fingerprint density at radius 2 is 2.80 bits per heavy atom. The molecule has 0 saturated carbocycles. The summed E-state index contributed by atoms with van der Waals surface area (Å²) in [5.74, 6) is 0. The van der Waals surface area contributed by atoms with Crippen molar-refractivity contribution in [2.75, 3.05) is 0 Å². The molecule has 1 aliphatic rings. The van der Waals surface area contributed by atoms with Crippen molar-refractivity contribution < 1.29 is 0 Å². The van der Waals surface area contributed by atoms with E-state index in [2.05, 4.69) is 10.6 Å². The van der Waals surface area contributed by atoms with Crippen LogP contribution in [0, 0.1) is 0 Å². The highest BCUT2D eigenvalue weighted by Crippen LogP contribution is 2.05. The molecule has 0 N–H and O–H groups in total. The van der Waals surface area contributed by atoms with Crippen LogP contribution in [0.4, 0.5) is 0 Å². The fourth-order valence-electron chi connectivity index (χ4n) is 0.152. The number of hydrogen-bond acceptors (Lipinski definition) is 2. The van der Waals surface area contributed by atoms with Crippen molar-refractivity contribution >= 4 is 18.2 Å². The molecular formula is C3H2NS+. The van der Waals surface area contributed by atoms with Crippen LogP contribution in [-0.4, -0.2) is 6.21 Å². The van der Waals surface area contributed by atoms with Gasteiger partial charge in [-0.3, -0.25) is 0 Å². The van der Waals surface area contributed by atoms with E-state index in [4.69, 9.17) is 0 Å². The Balaban J connectivity index is 2.61. The highest BCUT2D eigenvalue weighted by molar-refractivity contribution is 8.01. The average molecular weight is 84.1 g/mol. The first-order chi connectivity index (χ1) is 2.50. The lowest BCUT2D eigenvalue weighted by atomic mass is 10.7. The molecule has 0 aromatic carbocycles. The summed E-state index contributed by atoms with van der Waals surface area (Å²) < 4.78 is 3.64. The van der Waals surface area contributed by atoms with Crippen LogP contribution in [0.1, 0.15) is 0 Å². The first-order valence-electron chi connectivity index (χ1n) is 1.26. The molecule has 0 aromatic rings. The van der Waals surface area contributed by atoms with Gasteiger partial charge >= 0.3 is 0 Å². The summed E-state index contributed by atoms with van der Waals surface area (Å²) >= 11 is 1.41. The summed E-state index contributed by atoms with van der Waals surface area (Å²) in [5.41, 5.74) is 0. The number of nitrogens with zero attached hydrogens (tertiary/aromatic N) is 1. The third kappa shape index (κ3) is 0.469. The van der Waals surface area contributed by atoms with E-state index < -0.39 is 0 Å². The predicted octanol–water partition coefficient (Wildman–Crippen LogP) is 1.11. The van der Waals surface area contributed by atoms with Gasteiger partial charge in [0.05, 0.1) is 0 Å². The van der Waals surface area contributed by atoms with Gasteiger partial charge in [-0.1, -0.05) is 0 Å². The van der Waals surface area contributed by atoms with E-state index in [0.29, 0.717) is 0 Å². The fourth-order valence-corrected chi connectivity index (χ4v) is 0.456. The molecular weight excluding hydrogens is 82.1 g/mol. The van der Waals surface area contributed by atoms with Crippen molar-refractivity contribution in [3.05, 3.63) is 11.5 Å². The molecule has 0 aliphatic carbocycles. The quantitative estimate of drug-likeness (QED) is 0.316. The zero-order valence-electron chi connectivity index (χ0n) is 2.51. The molecule has 0 fully saturated rings. The molecule has 0 radical (unpaired) electrons. The lowest BCUT2D eigenvalue weighted by Crippen LogP contribution is -1.41. The van der Waals surface area contributed by atoms with E-state index in [9.17, 15) is 0 Å². The molecule has 1 aliphatic heterocycles. The third-order valence-electron chi connectivity index (χ3n) is 0.309. The maximum atomic E-state index is 3.64. The van der Waals surface area contributed by atoms with Crippen molar-refractivity contribution in [2.45, 2.75) is 0 Å². The monoisotopic (exact) mass is 84.0 g/mol. The lowest BCUT2D eigenvalue weighted by Gasteiger charge is -1.42. The molecule has 5 heavy (non-hydrogen) atoms. The molecule has 2 heteroatoms. The molecule has 0 saturated heterocycles. The van der Waals surface area contributed by atoms with Crippen LogP contribution in [0.25, 0.3) is 0 Å². The van der Waals surface area contributed by atoms with Crippen molar-refractivity contribution in [1.29, 1.82) is 0 Å². The van der Waals surface area contributed by atoms with Crippen molar-refractivity contribution in [1.82, 2.24) is 0 Å². The Morgan fingerprint density at radius 1 is 1.80 bits per heavy atom. The number of hydrogen-bond donors (Lipinski definition) is 0. The fraction of sp³-hybridized carbons (Fsp3) is 0. The van der Waals surface area contributed by atoms with Crippen LogP contribution < -0.4 is 0 Å². The summed E-state index contributed by atoms with van der Waals surface area (Å²) in [5, 5.41) is 1.88. The van der Waals surface area contributed by atoms with Crippen LogP contribution in [0.5, 0.6) is 0 Å². The zero-order valence-corrected chi connectivity index (χ0v) is 3.33. The molecule has 1 heterocycles. The van der Waals surface area contributed by atoms with Gasteiger partial charge in [0.25, 0.3) is 0 Å². The molecule has 0 atom stereocenters. The van der Waals surface area contributed by atoms with E-state index >= 15 is 0 Å². The lowest BCUT2D eigenvalue weighted by molar-refractivity contribution is 2.03. The van der Waals surface area contributed by atoms with E-state index in [0.717, 1.165) is 0 Å². The summed E-state index contributed by atoms with van der Waals surface area (Å²) in [6, 6.07) is 0. The van der Waals surface area contributed by atoms with Crippen molar-refractivity contribution in [3.8, 4) is 0 Å². The van der Waals surface area contributed by atoms with Gasteiger partial charge in [-0.2, -0.15) is 0 Å². The highest BCUT2D eigenvalue weighted by Gasteiger charge is 1.91. The minimum Gasteiger partial charge on any atom is -0.0362 e. The SMILES string of the molecule is [C+]1=NSC=C1. The molecule has 0 amide bonds. The van der Waals surface area contributed by atoms with Gasteiger partial charge in [0, 0.05) is 0 Å². The Hall–Kier alpha value is -0.330. The van der Waals surface area contributed by atoms with Gasteiger partial charge in [0.2, 0.25) is 6.21 Å². The predicted molar refractivity (Wildman–Crippen MR) is 24.2 cm³/mol. The second kappa shape index (κ2) is 1.20. The van der Waals surface area contributed by atoms with Crippen molar-refractivity contribution in [2.24, 2.45) is 4.40 Å². The van der Waals surface area contributed by atoms with Gasteiger partial charge in [-0.05, 0) is 4.40 Å². The Kier molecular flexibility index (Phi) is 0.692. The van der Waals surface area contributed by atoms with Gasteiger partial charge < -0.3 is 0 Å². The van der Waals surface area contributed by atoms with Gasteiger partial charge in [-0.25, -0.2) is 0 Å². The minimum absolute atomic E-state index is 1.41. The maximum absolute atomic E-state index is 3.64. The van der Waals surface area contributed by atoms with Gasteiger partial charge in [0.15, 0.2) is 6.08 Å². The van der Waals surface area contributed by atoms with Crippen LogP contribution in [0.3, 0.4) is 0 Å². The molecule has 0 spiro atoms. The number of rotatable bonds is 0. The second-order valence-electron chi connectivity index (χ2n) is 0.629. The van der Waals surface area contributed by atoms with E-state index in [-0.39, 0.29) is 0 Å². The first kappa shape index (κ1) is 2.88. The Morgan fingerprint density at radius 3 is 3.00 bits per heavy atom. The standard InChI is InChI=1S/C3H2NS/c1-2-4-5-3-1/h1,3H/q+1. The van der Waals surface area contributed by atoms with Gasteiger partial charge in [-0.15, -0.1) is 0 Å². The van der Waals surface area contributed by atoms with Crippen LogP contribution in [0.15, 0.2) is 15.9 Å². The summed E-state index contributed by atoms with van der Waals surface area (Å²) in [6.45, 7) is 0. The molecule has 24 valence electrons. The van der Waals surface area contributed by atoms with E-state index in [1.807, 2.05) is 5.41 Å². The van der Waals surface area contributed by atoms with Crippen LogP contribution in [0.2, 0.25) is 0 Å². The topological polar surface area (TPSA) is 12.4 Å². The largest absolute Gasteiger partial charge is 0.229 e.